The molecule has 60 valence electrons. The highest BCUT2D eigenvalue weighted by Crippen LogP contribution is 2.27. The number of hydrogen-bond donors (Lipinski definition) is 1. The number of nitriles is 1. The monoisotopic (exact) mass is 150 g/mol. The molecule has 0 heterocycles. The van der Waals surface area contributed by atoms with Gasteiger partial charge in [0.15, 0.2) is 0 Å². The summed E-state index contributed by atoms with van der Waals surface area (Å²) in [5.41, 5.74) is 0.910. The molecule has 0 bridgehead atoms. The van der Waals surface area contributed by atoms with Gasteiger partial charge in [0.05, 0.1) is 6.07 Å². The van der Waals surface area contributed by atoms with Gasteiger partial charge in [0.25, 0.3) is 0 Å². The fourth-order valence-corrected chi connectivity index (χ4v) is 0.937. The van der Waals surface area contributed by atoms with E-state index in [-0.39, 0.29) is 6.04 Å². The maximum absolute atomic E-state index is 8.66. The molecule has 1 N–H and O–H groups in total. The zero-order valence-electron chi connectivity index (χ0n) is 6.93. The van der Waals surface area contributed by atoms with Gasteiger partial charge in [0.2, 0.25) is 0 Å². The zero-order chi connectivity index (χ0) is 8.27. The van der Waals surface area contributed by atoms with E-state index in [4.69, 9.17) is 5.26 Å². The highest BCUT2D eigenvalue weighted by Gasteiger charge is 2.22. The number of rotatable bonds is 4. The third-order valence-electron chi connectivity index (χ3n) is 1.93. The normalized spacial score (nSPS) is 18.9. The van der Waals surface area contributed by atoms with Gasteiger partial charge < -0.3 is 0 Å². The van der Waals surface area contributed by atoms with Crippen LogP contribution < -0.4 is 5.32 Å². The molecule has 1 aliphatic carbocycles. The van der Waals surface area contributed by atoms with Gasteiger partial charge in [-0.2, -0.15) is 5.26 Å². The van der Waals surface area contributed by atoms with E-state index in [1.54, 1.807) is 0 Å². The summed E-state index contributed by atoms with van der Waals surface area (Å²) >= 11 is 0. The lowest BCUT2D eigenvalue weighted by Gasteiger charge is -2.09. The quantitative estimate of drug-likeness (QED) is 0.616. The van der Waals surface area contributed by atoms with Crippen LogP contribution in [-0.2, 0) is 0 Å². The molecule has 0 amide bonds. The summed E-state index contributed by atoms with van der Waals surface area (Å²) in [7, 11) is 0. The Balaban J connectivity index is 2.20. The summed E-state index contributed by atoms with van der Waals surface area (Å²) in [6.07, 6.45) is 2.64. The molecule has 1 rings (SSSR count). The zero-order valence-corrected chi connectivity index (χ0v) is 6.93. The lowest BCUT2D eigenvalue weighted by molar-refractivity contribution is 0.617. The van der Waals surface area contributed by atoms with E-state index in [1.807, 2.05) is 6.92 Å². The molecule has 1 unspecified atom stereocenters. The molecule has 0 radical (unpaired) electrons. The van der Waals surface area contributed by atoms with Crippen LogP contribution in [0.3, 0.4) is 0 Å². The van der Waals surface area contributed by atoms with Gasteiger partial charge in [-0.05, 0) is 37.8 Å². The first-order valence-electron chi connectivity index (χ1n) is 4.02. The van der Waals surface area contributed by atoms with Crippen LogP contribution in [-0.4, -0.2) is 12.6 Å². The molecule has 1 aliphatic rings. The Kier molecular flexibility index (Phi) is 2.67. The summed E-state index contributed by atoms with van der Waals surface area (Å²) in [4.78, 5) is 0. The SMILES string of the molecule is C=C(C)C(C#N)NCC1CC1. The summed E-state index contributed by atoms with van der Waals surface area (Å²) in [6.45, 7) is 6.60. The van der Waals surface area contributed by atoms with Crippen molar-refractivity contribution in [2.75, 3.05) is 6.54 Å². The van der Waals surface area contributed by atoms with E-state index in [0.29, 0.717) is 0 Å². The highest BCUT2D eigenvalue weighted by molar-refractivity contribution is 5.13. The minimum atomic E-state index is -0.143. The Bertz CT molecular complexity index is 186. The molecule has 1 saturated carbocycles. The van der Waals surface area contributed by atoms with Crippen molar-refractivity contribution in [1.82, 2.24) is 5.32 Å². The van der Waals surface area contributed by atoms with E-state index < -0.39 is 0 Å². The predicted molar refractivity (Wildman–Crippen MR) is 44.9 cm³/mol. The highest BCUT2D eigenvalue weighted by atomic mass is 14.9. The van der Waals surface area contributed by atoms with E-state index in [1.165, 1.54) is 12.8 Å². The van der Waals surface area contributed by atoms with Crippen molar-refractivity contribution in [3.63, 3.8) is 0 Å². The topological polar surface area (TPSA) is 35.8 Å². The lowest BCUT2D eigenvalue weighted by atomic mass is 10.2. The van der Waals surface area contributed by atoms with Crippen molar-refractivity contribution in [3.05, 3.63) is 12.2 Å². The van der Waals surface area contributed by atoms with E-state index >= 15 is 0 Å². The maximum atomic E-state index is 8.66. The van der Waals surface area contributed by atoms with Gasteiger partial charge >= 0.3 is 0 Å². The van der Waals surface area contributed by atoms with Crippen molar-refractivity contribution in [2.24, 2.45) is 5.92 Å². The molecule has 11 heavy (non-hydrogen) atoms. The van der Waals surface area contributed by atoms with Crippen LogP contribution in [0.4, 0.5) is 0 Å². The standard InChI is InChI=1S/C9H14N2/c1-7(2)9(5-10)11-6-8-3-4-8/h8-9,11H,1,3-4,6H2,2H3. The molecular formula is C9H14N2. The van der Waals surface area contributed by atoms with Crippen molar-refractivity contribution >= 4 is 0 Å². The minimum Gasteiger partial charge on any atom is -0.298 e. The number of nitrogens with one attached hydrogen (secondary N) is 1. The number of nitrogens with zero attached hydrogens (tertiary/aromatic N) is 1. The predicted octanol–water partition coefficient (Wildman–Crippen LogP) is 1.45. The van der Waals surface area contributed by atoms with Gasteiger partial charge in [-0.3, -0.25) is 5.32 Å². The summed E-state index contributed by atoms with van der Waals surface area (Å²) in [5.74, 6) is 0.824. The second-order valence-electron chi connectivity index (χ2n) is 3.26. The van der Waals surface area contributed by atoms with Crippen LogP contribution in [0.25, 0.3) is 0 Å². The molecule has 1 atom stereocenters. The van der Waals surface area contributed by atoms with Crippen molar-refractivity contribution in [2.45, 2.75) is 25.8 Å². The van der Waals surface area contributed by atoms with Crippen LogP contribution in [0.5, 0.6) is 0 Å². The molecule has 0 spiro atoms. The minimum absolute atomic E-state index is 0.143. The molecule has 0 aromatic heterocycles. The number of hydrogen-bond acceptors (Lipinski definition) is 2. The lowest BCUT2D eigenvalue weighted by Crippen LogP contribution is -2.30. The Hall–Kier alpha value is -0.810. The molecule has 0 saturated heterocycles. The second kappa shape index (κ2) is 3.54. The first-order chi connectivity index (χ1) is 5.24. The Morgan fingerprint density at radius 3 is 2.82 bits per heavy atom. The smallest absolute Gasteiger partial charge is 0.116 e. The fraction of sp³-hybridized carbons (Fsp3) is 0.667. The summed E-state index contributed by atoms with van der Waals surface area (Å²) in [6, 6.07) is 2.03. The Labute approximate surface area is 67.9 Å². The molecule has 0 aromatic carbocycles. The second-order valence-corrected chi connectivity index (χ2v) is 3.26. The Morgan fingerprint density at radius 2 is 2.45 bits per heavy atom. The average molecular weight is 150 g/mol. The Morgan fingerprint density at radius 1 is 1.82 bits per heavy atom. The molecule has 2 heteroatoms. The van der Waals surface area contributed by atoms with E-state index in [0.717, 1.165) is 18.0 Å². The van der Waals surface area contributed by atoms with E-state index in [9.17, 15) is 0 Å². The fourth-order valence-electron chi connectivity index (χ4n) is 0.937. The van der Waals surface area contributed by atoms with Crippen LogP contribution >= 0.6 is 0 Å². The summed E-state index contributed by atoms with van der Waals surface area (Å²) < 4.78 is 0. The van der Waals surface area contributed by atoms with Crippen LogP contribution in [0.1, 0.15) is 19.8 Å². The van der Waals surface area contributed by atoms with Gasteiger partial charge in [-0.15, -0.1) is 0 Å². The van der Waals surface area contributed by atoms with Crippen molar-refractivity contribution < 1.29 is 0 Å². The van der Waals surface area contributed by atoms with Crippen LogP contribution in [0.2, 0.25) is 0 Å². The van der Waals surface area contributed by atoms with Gasteiger partial charge in [-0.25, -0.2) is 0 Å². The first-order valence-corrected chi connectivity index (χ1v) is 4.02. The van der Waals surface area contributed by atoms with Crippen LogP contribution in [0.15, 0.2) is 12.2 Å². The van der Waals surface area contributed by atoms with Crippen molar-refractivity contribution in [1.29, 1.82) is 5.26 Å². The molecule has 1 fully saturated rings. The van der Waals surface area contributed by atoms with Gasteiger partial charge in [-0.1, -0.05) is 6.58 Å². The largest absolute Gasteiger partial charge is 0.298 e. The average Bonchev–Trinajstić information content (AvgIpc) is 2.72. The van der Waals surface area contributed by atoms with Crippen molar-refractivity contribution in [3.8, 4) is 6.07 Å². The summed E-state index contributed by atoms with van der Waals surface area (Å²) in [5, 5.41) is 11.8. The molecular weight excluding hydrogens is 136 g/mol. The van der Waals surface area contributed by atoms with Gasteiger partial charge in [0, 0.05) is 0 Å². The molecule has 0 aromatic rings. The first kappa shape index (κ1) is 8.29. The third-order valence-corrected chi connectivity index (χ3v) is 1.93. The van der Waals surface area contributed by atoms with E-state index in [2.05, 4.69) is 18.0 Å². The maximum Gasteiger partial charge on any atom is 0.116 e. The van der Waals surface area contributed by atoms with Gasteiger partial charge in [0.1, 0.15) is 6.04 Å². The van der Waals surface area contributed by atoms with Crippen LogP contribution in [0, 0.1) is 17.2 Å². The third kappa shape index (κ3) is 2.73. The molecule has 0 aliphatic heterocycles. The molecule has 2 nitrogen and oxygen atoms in total.